The Hall–Kier alpha value is -2.87. The molecule has 2 heterocycles. The number of nitrogens with zero attached hydrogens (tertiary/aromatic N) is 3. The van der Waals surface area contributed by atoms with Crippen LogP contribution in [0.2, 0.25) is 0 Å². The number of aromatic carboxylic acids is 1. The Morgan fingerprint density at radius 1 is 1.08 bits per heavy atom. The molecule has 3 rings (SSSR count). The van der Waals surface area contributed by atoms with Crippen LogP contribution in [-0.4, -0.2) is 29.1 Å². The van der Waals surface area contributed by atoms with Crippen LogP contribution in [-0.2, 0) is 0 Å². The molecule has 0 radical (unpaired) electrons. The van der Waals surface area contributed by atoms with Crippen LogP contribution in [0.15, 0.2) is 36.5 Å². The van der Waals surface area contributed by atoms with Crippen molar-refractivity contribution in [3.05, 3.63) is 47.7 Å². The summed E-state index contributed by atoms with van der Waals surface area (Å²) in [6, 6.07) is 11.0. The number of anilines is 1. The molecule has 5 nitrogen and oxygen atoms in total. The van der Waals surface area contributed by atoms with Crippen LogP contribution in [0.1, 0.15) is 48.0 Å². The monoisotopic (exact) mass is 335 g/mol. The number of pyridine rings is 1. The van der Waals surface area contributed by atoms with Crippen molar-refractivity contribution in [2.45, 2.75) is 32.1 Å². The Morgan fingerprint density at radius 2 is 1.80 bits per heavy atom. The standard InChI is InChI=1S/C20H21N3O2/c21-14-17-12-15(18-13-16(20(24)25)8-9-22-18)6-7-19(17)23-10-4-2-1-3-5-11-23/h6-9,12-13H,1-5,10-11H2,(H,24,25). The molecule has 1 saturated heterocycles. The summed E-state index contributed by atoms with van der Waals surface area (Å²) in [7, 11) is 0. The number of benzene rings is 1. The van der Waals surface area contributed by atoms with Crippen molar-refractivity contribution >= 4 is 11.7 Å². The fourth-order valence-corrected chi connectivity index (χ4v) is 3.27. The van der Waals surface area contributed by atoms with Gasteiger partial charge in [-0.25, -0.2) is 4.79 Å². The number of aromatic nitrogens is 1. The van der Waals surface area contributed by atoms with Crippen LogP contribution in [0.5, 0.6) is 0 Å². The van der Waals surface area contributed by atoms with Crippen LogP contribution in [0.3, 0.4) is 0 Å². The summed E-state index contributed by atoms with van der Waals surface area (Å²) in [6.45, 7) is 1.95. The third kappa shape index (κ3) is 3.97. The van der Waals surface area contributed by atoms with E-state index >= 15 is 0 Å². The first-order chi connectivity index (χ1) is 12.2. The maximum absolute atomic E-state index is 11.1. The summed E-state index contributed by atoms with van der Waals surface area (Å²) in [5, 5.41) is 18.7. The number of carboxylic acid groups (broad SMARTS) is 1. The molecule has 1 fully saturated rings. The summed E-state index contributed by atoms with van der Waals surface area (Å²) in [5.74, 6) is -0.985. The molecule has 0 saturated carbocycles. The molecule has 0 aliphatic carbocycles. The summed E-state index contributed by atoms with van der Waals surface area (Å²) in [5.41, 5.74) is 3.09. The van der Waals surface area contributed by atoms with E-state index in [0.717, 1.165) is 37.2 Å². The second kappa shape index (κ2) is 7.80. The molecule has 0 atom stereocenters. The van der Waals surface area contributed by atoms with E-state index in [2.05, 4.69) is 16.0 Å². The Kier molecular flexibility index (Phi) is 5.30. The molecule has 0 spiro atoms. The van der Waals surface area contributed by atoms with Gasteiger partial charge in [-0.3, -0.25) is 4.98 Å². The number of hydrogen-bond donors (Lipinski definition) is 1. The van der Waals surface area contributed by atoms with E-state index in [4.69, 9.17) is 5.11 Å². The average Bonchev–Trinajstić information content (AvgIpc) is 2.61. The summed E-state index contributed by atoms with van der Waals surface area (Å²) < 4.78 is 0. The number of carbonyl (C=O) groups is 1. The molecular weight excluding hydrogens is 314 g/mol. The lowest BCUT2D eigenvalue weighted by Gasteiger charge is -2.27. The molecule has 1 N–H and O–H groups in total. The van der Waals surface area contributed by atoms with Gasteiger partial charge in [0.2, 0.25) is 0 Å². The predicted molar refractivity (Wildman–Crippen MR) is 96.6 cm³/mol. The predicted octanol–water partition coefficient (Wildman–Crippen LogP) is 4.09. The van der Waals surface area contributed by atoms with Gasteiger partial charge in [-0.15, -0.1) is 0 Å². The molecule has 2 aromatic rings. The Labute approximate surface area is 147 Å². The molecule has 0 bridgehead atoms. The molecule has 1 aliphatic rings. The van der Waals surface area contributed by atoms with E-state index in [1.807, 2.05) is 18.2 Å². The Balaban J connectivity index is 1.93. The zero-order valence-corrected chi connectivity index (χ0v) is 14.1. The lowest BCUT2D eigenvalue weighted by molar-refractivity contribution is 0.0697. The molecule has 1 aliphatic heterocycles. The van der Waals surface area contributed by atoms with Gasteiger partial charge in [0.1, 0.15) is 6.07 Å². The van der Waals surface area contributed by atoms with Crippen molar-refractivity contribution in [3.63, 3.8) is 0 Å². The van der Waals surface area contributed by atoms with Crippen LogP contribution in [0.25, 0.3) is 11.3 Å². The lowest BCUT2D eigenvalue weighted by Crippen LogP contribution is -2.27. The summed E-state index contributed by atoms with van der Waals surface area (Å²) in [6.07, 6.45) is 7.55. The van der Waals surface area contributed by atoms with Gasteiger partial charge in [0.05, 0.1) is 22.5 Å². The minimum Gasteiger partial charge on any atom is -0.478 e. The van der Waals surface area contributed by atoms with Crippen molar-refractivity contribution in [1.29, 1.82) is 5.26 Å². The zero-order valence-electron chi connectivity index (χ0n) is 14.1. The fraction of sp³-hybridized carbons (Fsp3) is 0.350. The van der Waals surface area contributed by atoms with Gasteiger partial charge in [0.15, 0.2) is 0 Å². The minimum absolute atomic E-state index is 0.191. The largest absolute Gasteiger partial charge is 0.478 e. The van der Waals surface area contributed by atoms with Crippen molar-refractivity contribution in [3.8, 4) is 17.3 Å². The van der Waals surface area contributed by atoms with Gasteiger partial charge >= 0.3 is 5.97 Å². The normalized spacial score (nSPS) is 15.1. The number of nitriles is 1. The van der Waals surface area contributed by atoms with Crippen LogP contribution >= 0.6 is 0 Å². The first-order valence-electron chi connectivity index (χ1n) is 8.68. The second-order valence-corrected chi connectivity index (χ2v) is 6.33. The highest BCUT2D eigenvalue weighted by atomic mass is 16.4. The molecule has 0 unspecified atom stereocenters. The Morgan fingerprint density at radius 3 is 2.48 bits per heavy atom. The van der Waals surface area contributed by atoms with Gasteiger partial charge in [0, 0.05) is 24.8 Å². The third-order valence-electron chi connectivity index (χ3n) is 4.62. The van der Waals surface area contributed by atoms with E-state index in [-0.39, 0.29) is 5.56 Å². The lowest BCUT2D eigenvalue weighted by atomic mass is 10.0. The molecular formula is C20H21N3O2. The van der Waals surface area contributed by atoms with Crippen molar-refractivity contribution in [2.24, 2.45) is 0 Å². The minimum atomic E-state index is -0.985. The summed E-state index contributed by atoms with van der Waals surface area (Å²) in [4.78, 5) is 17.7. The number of rotatable bonds is 3. The van der Waals surface area contributed by atoms with E-state index in [0.29, 0.717) is 11.3 Å². The third-order valence-corrected chi connectivity index (χ3v) is 4.62. The average molecular weight is 335 g/mol. The highest BCUT2D eigenvalue weighted by Gasteiger charge is 2.15. The number of carboxylic acids is 1. The first kappa shape index (κ1) is 17.0. The van der Waals surface area contributed by atoms with E-state index in [1.54, 1.807) is 0 Å². The van der Waals surface area contributed by atoms with E-state index in [1.165, 1.54) is 37.6 Å². The zero-order chi connectivity index (χ0) is 17.6. The first-order valence-corrected chi connectivity index (χ1v) is 8.68. The molecule has 128 valence electrons. The second-order valence-electron chi connectivity index (χ2n) is 6.33. The maximum Gasteiger partial charge on any atom is 0.335 e. The van der Waals surface area contributed by atoms with Gasteiger partial charge in [-0.1, -0.05) is 25.3 Å². The van der Waals surface area contributed by atoms with Gasteiger partial charge in [-0.05, 0) is 37.1 Å². The topological polar surface area (TPSA) is 77.2 Å². The maximum atomic E-state index is 11.1. The van der Waals surface area contributed by atoms with Crippen molar-refractivity contribution in [2.75, 3.05) is 18.0 Å². The van der Waals surface area contributed by atoms with Gasteiger partial charge in [0.25, 0.3) is 0 Å². The van der Waals surface area contributed by atoms with E-state index in [9.17, 15) is 10.1 Å². The summed E-state index contributed by atoms with van der Waals surface area (Å²) >= 11 is 0. The quantitative estimate of drug-likeness (QED) is 0.914. The van der Waals surface area contributed by atoms with Crippen LogP contribution in [0.4, 0.5) is 5.69 Å². The van der Waals surface area contributed by atoms with Crippen molar-refractivity contribution in [1.82, 2.24) is 4.98 Å². The molecule has 1 aromatic carbocycles. The van der Waals surface area contributed by atoms with Gasteiger partial charge in [-0.2, -0.15) is 5.26 Å². The fourth-order valence-electron chi connectivity index (χ4n) is 3.27. The number of hydrogen-bond acceptors (Lipinski definition) is 4. The van der Waals surface area contributed by atoms with Crippen molar-refractivity contribution < 1.29 is 9.90 Å². The molecule has 25 heavy (non-hydrogen) atoms. The molecule has 1 aromatic heterocycles. The van der Waals surface area contributed by atoms with Crippen LogP contribution < -0.4 is 4.90 Å². The SMILES string of the molecule is N#Cc1cc(-c2cc(C(=O)O)ccn2)ccc1N1CCCCCCC1. The van der Waals surface area contributed by atoms with E-state index < -0.39 is 5.97 Å². The van der Waals surface area contributed by atoms with Crippen LogP contribution in [0, 0.1) is 11.3 Å². The highest BCUT2D eigenvalue weighted by Crippen LogP contribution is 2.28. The molecule has 5 heteroatoms. The Bertz CT molecular complexity index is 803. The van der Waals surface area contributed by atoms with Gasteiger partial charge < -0.3 is 10.0 Å². The smallest absolute Gasteiger partial charge is 0.335 e. The highest BCUT2D eigenvalue weighted by molar-refractivity contribution is 5.89. The molecule has 0 amide bonds.